The number of nitro groups is 1. The summed E-state index contributed by atoms with van der Waals surface area (Å²) in [6.07, 6.45) is 2.35. The van der Waals surface area contributed by atoms with Gasteiger partial charge in [0.25, 0.3) is 5.69 Å². The van der Waals surface area contributed by atoms with Gasteiger partial charge in [-0.3, -0.25) is 10.1 Å². The predicted molar refractivity (Wildman–Crippen MR) is 81.1 cm³/mol. The van der Waals surface area contributed by atoms with Gasteiger partial charge in [-0.15, -0.1) is 0 Å². The average molecular weight is 288 g/mol. The van der Waals surface area contributed by atoms with Crippen LogP contribution < -0.4 is 5.32 Å². The molecular weight excluding hydrogens is 268 g/mol. The Morgan fingerprint density at radius 2 is 2.38 bits per heavy atom. The third kappa shape index (κ3) is 3.92. The van der Waals surface area contributed by atoms with E-state index in [1.807, 2.05) is 6.07 Å². The topological polar surface area (TPSA) is 82.2 Å². The first kappa shape index (κ1) is 15.3. The van der Waals surface area contributed by atoms with Gasteiger partial charge in [-0.05, 0) is 44.0 Å². The SMILES string of the molecule is CCCN1CC[C@@H](CNc2ccc([N+](=O)[O-])c(C#N)c2)C1. The van der Waals surface area contributed by atoms with Gasteiger partial charge >= 0.3 is 0 Å². The normalized spacial score (nSPS) is 18.4. The monoisotopic (exact) mass is 288 g/mol. The van der Waals surface area contributed by atoms with Crippen molar-refractivity contribution in [3.63, 3.8) is 0 Å². The lowest BCUT2D eigenvalue weighted by Gasteiger charge is -2.15. The lowest BCUT2D eigenvalue weighted by atomic mass is 10.1. The molecule has 21 heavy (non-hydrogen) atoms. The van der Waals surface area contributed by atoms with E-state index in [1.165, 1.54) is 18.9 Å². The Morgan fingerprint density at radius 1 is 1.57 bits per heavy atom. The minimum atomic E-state index is -0.526. The van der Waals surface area contributed by atoms with E-state index >= 15 is 0 Å². The Balaban J connectivity index is 1.92. The van der Waals surface area contributed by atoms with Gasteiger partial charge in [0.05, 0.1) is 4.92 Å². The molecule has 1 heterocycles. The molecule has 0 aromatic heterocycles. The molecule has 0 bridgehead atoms. The summed E-state index contributed by atoms with van der Waals surface area (Å²) in [7, 11) is 0. The Morgan fingerprint density at radius 3 is 3.05 bits per heavy atom. The summed E-state index contributed by atoms with van der Waals surface area (Å²) < 4.78 is 0. The molecule has 0 aliphatic carbocycles. The third-order valence-corrected chi connectivity index (χ3v) is 3.82. The zero-order valence-electron chi connectivity index (χ0n) is 12.2. The number of rotatable bonds is 6. The summed E-state index contributed by atoms with van der Waals surface area (Å²) in [4.78, 5) is 12.7. The van der Waals surface area contributed by atoms with Crippen molar-refractivity contribution in [2.24, 2.45) is 5.92 Å². The Hall–Kier alpha value is -2.13. The molecule has 1 aromatic carbocycles. The maximum absolute atomic E-state index is 10.8. The van der Waals surface area contributed by atoms with Crippen LogP contribution in [-0.2, 0) is 0 Å². The Labute approximate surface area is 124 Å². The van der Waals surface area contributed by atoms with E-state index in [-0.39, 0.29) is 11.3 Å². The molecule has 6 nitrogen and oxygen atoms in total. The molecule has 1 atom stereocenters. The van der Waals surface area contributed by atoms with Crippen molar-refractivity contribution in [2.45, 2.75) is 19.8 Å². The molecule has 0 saturated carbocycles. The van der Waals surface area contributed by atoms with Gasteiger partial charge in [-0.2, -0.15) is 5.26 Å². The number of nitro benzene ring substituents is 1. The molecule has 1 aliphatic rings. The molecule has 1 N–H and O–H groups in total. The number of benzene rings is 1. The molecule has 1 aromatic rings. The quantitative estimate of drug-likeness (QED) is 0.642. The van der Waals surface area contributed by atoms with Crippen molar-refractivity contribution in [3.8, 4) is 6.07 Å². The summed E-state index contributed by atoms with van der Waals surface area (Å²) in [6, 6.07) is 6.48. The summed E-state index contributed by atoms with van der Waals surface area (Å²) in [5.74, 6) is 0.595. The number of nitrogens with zero attached hydrogens (tertiary/aromatic N) is 3. The van der Waals surface area contributed by atoms with E-state index in [0.29, 0.717) is 5.92 Å². The lowest BCUT2D eigenvalue weighted by molar-refractivity contribution is -0.385. The van der Waals surface area contributed by atoms with Crippen molar-refractivity contribution >= 4 is 11.4 Å². The molecule has 0 spiro atoms. The van der Waals surface area contributed by atoms with Gasteiger partial charge in [0.15, 0.2) is 0 Å². The van der Waals surface area contributed by atoms with Gasteiger partial charge in [-0.25, -0.2) is 0 Å². The fourth-order valence-electron chi connectivity index (χ4n) is 2.76. The van der Waals surface area contributed by atoms with Crippen LogP contribution >= 0.6 is 0 Å². The van der Waals surface area contributed by atoms with E-state index < -0.39 is 4.92 Å². The molecule has 0 amide bonds. The molecule has 0 radical (unpaired) electrons. The van der Waals surface area contributed by atoms with Crippen LogP contribution in [0.4, 0.5) is 11.4 Å². The second kappa shape index (κ2) is 7.04. The molecule has 0 unspecified atom stereocenters. The highest BCUT2D eigenvalue weighted by Gasteiger charge is 2.21. The van der Waals surface area contributed by atoms with E-state index in [2.05, 4.69) is 17.1 Å². The summed E-state index contributed by atoms with van der Waals surface area (Å²) >= 11 is 0. The summed E-state index contributed by atoms with van der Waals surface area (Å²) in [5.41, 5.74) is 0.730. The average Bonchev–Trinajstić information content (AvgIpc) is 2.92. The fourth-order valence-corrected chi connectivity index (χ4v) is 2.76. The number of hydrogen-bond acceptors (Lipinski definition) is 5. The van der Waals surface area contributed by atoms with Crippen LogP contribution in [0.3, 0.4) is 0 Å². The maximum atomic E-state index is 10.8. The second-order valence-electron chi connectivity index (χ2n) is 5.44. The first-order valence-electron chi connectivity index (χ1n) is 7.28. The van der Waals surface area contributed by atoms with Crippen molar-refractivity contribution in [2.75, 3.05) is 31.5 Å². The largest absolute Gasteiger partial charge is 0.385 e. The standard InChI is InChI=1S/C15H20N4O2/c1-2-6-18-7-5-12(11-18)10-17-14-3-4-15(19(20)21)13(8-14)9-16/h3-4,8,12,17H,2,5-7,10-11H2,1H3/t12-/m0/s1. The molecule has 1 fully saturated rings. The third-order valence-electron chi connectivity index (χ3n) is 3.82. The molecule has 1 saturated heterocycles. The number of nitriles is 1. The van der Waals surface area contributed by atoms with Crippen molar-refractivity contribution in [1.29, 1.82) is 5.26 Å². The van der Waals surface area contributed by atoms with Crippen LogP contribution in [0.5, 0.6) is 0 Å². The van der Waals surface area contributed by atoms with Gasteiger partial charge in [0.1, 0.15) is 11.6 Å². The van der Waals surface area contributed by atoms with E-state index in [1.54, 1.807) is 12.1 Å². The highest BCUT2D eigenvalue weighted by molar-refractivity contribution is 5.58. The number of likely N-dealkylation sites (tertiary alicyclic amines) is 1. The highest BCUT2D eigenvalue weighted by atomic mass is 16.6. The molecule has 2 rings (SSSR count). The summed E-state index contributed by atoms with van der Waals surface area (Å²) in [6.45, 7) is 6.41. The van der Waals surface area contributed by atoms with Crippen LogP contribution in [0.15, 0.2) is 18.2 Å². The van der Waals surface area contributed by atoms with Crippen molar-refractivity contribution in [3.05, 3.63) is 33.9 Å². The maximum Gasteiger partial charge on any atom is 0.287 e. The van der Waals surface area contributed by atoms with Gasteiger partial charge in [0, 0.05) is 24.8 Å². The van der Waals surface area contributed by atoms with E-state index in [0.717, 1.165) is 31.9 Å². The minimum absolute atomic E-state index is 0.101. The van der Waals surface area contributed by atoms with Gasteiger partial charge in [-0.1, -0.05) is 6.92 Å². The zero-order chi connectivity index (χ0) is 15.2. The zero-order valence-corrected chi connectivity index (χ0v) is 12.2. The Kier molecular flexibility index (Phi) is 5.12. The lowest BCUT2D eigenvalue weighted by Crippen LogP contribution is -2.23. The van der Waals surface area contributed by atoms with Crippen LogP contribution in [0.25, 0.3) is 0 Å². The van der Waals surface area contributed by atoms with Crippen molar-refractivity contribution in [1.82, 2.24) is 4.90 Å². The Bertz CT molecular complexity index is 553. The van der Waals surface area contributed by atoms with Crippen LogP contribution in [-0.4, -0.2) is 36.0 Å². The fraction of sp³-hybridized carbons (Fsp3) is 0.533. The predicted octanol–water partition coefficient (Wildman–Crippen LogP) is 2.61. The molecule has 1 aliphatic heterocycles. The minimum Gasteiger partial charge on any atom is -0.385 e. The van der Waals surface area contributed by atoms with Crippen molar-refractivity contribution < 1.29 is 4.92 Å². The van der Waals surface area contributed by atoms with E-state index in [9.17, 15) is 10.1 Å². The van der Waals surface area contributed by atoms with Crippen LogP contribution in [0, 0.1) is 27.4 Å². The number of nitrogens with one attached hydrogen (secondary N) is 1. The van der Waals surface area contributed by atoms with E-state index in [4.69, 9.17) is 5.26 Å². The highest BCUT2D eigenvalue weighted by Crippen LogP contribution is 2.23. The summed E-state index contributed by atoms with van der Waals surface area (Å²) in [5, 5.41) is 23.1. The van der Waals surface area contributed by atoms with Gasteiger partial charge in [0.2, 0.25) is 0 Å². The first-order valence-corrected chi connectivity index (χ1v) is 7.28. The second-order valence-corrected chi connectivity index (χ2v) is 5.44. The first-order chi connectivity index (χ1) is 10.1. The number of anilines is 1. The molecule has 112 valence electrons. The van der Waals surface area contributed by atoms with Gasteiger partial charge < -0.3 is 10.2 Å². The molecule has 6 heteroatoms. The smallest absolute Gasteiger partial charge is 0.287 e. The number of hydrogen-bond donors (Lipinski definition) is 1. The van der Waals surface area contributed by atoms with Crippen LogP contribution in [0.2, 0.25) is 0 Å². The van der Waals surface area contributed by atoms with Crippen LogP contribution in [0.1, 0.15) is 25.3 Å². The molecular formula is C15H20N4O2.